The molecule has 0 radical (unpaired) electrons. The molecule has 0 saturated heterocycles. The Bertz CT molecular complexity index is 649. The van der Waals surface area contributed by atoms with Gasteiger partial charge in [0.05, 0.1) is 17.0 Å². The topological polar surface area (TPSA) is 98.7 Å². The fourth-order valence-electron chi connectivity index (χ4n) is 2.50. The monoisotopic (exact) mass is 322 g/mol. The van der Waals surface area contributed by atoms with E-state index in [9.17, 15) is 4.79 Å². The van der Waals surface area contributed by atoms with Crippen LogP contribution < -0.4 is 5.32 Å². The van der Waals surface area contributed by atoms with E-state index < -0.39 is 0 Å². The third-order valence-corrected chi connectivity index (χ3v) is 4.71. The molecule has 0 aromatic carbocycles. The van der Waals surface area contributed by atoms with Crippen LogP contribution in [0.3, 0.4) is 0 Å². The number of anilines is 1. The number of hydrogen-bond donors (Lipinski definition) is 1. The Balaban J connectivity index is 1.62. The quantitative estimate of drug-likeness (QED) is 0.842. The van der Waals surface area contributed by atoms with Crippen molar-refractivity contribution in [2.75, 3.05) is 5.32 Å². The molecular formula is C13H18N6O2S. The van der Waals surface area contributed by atoms with E-state index in [1.807, 2.05) is 11.6 Å². The summed E-state index contributed by atoms with van der Waals surface area (Å²) in [5, 5.41) is 18.6. The molecule has 1 amide bonds. The van der Waals surface area contributed by atoms with Crippen LogP contribution in [-0.2, 0) is 4.79 Å². The van der Waals surface area contributed by atoms with Gasteiger partial charge in [0.2, 0.25) is 16.9 Å². The molecule has 8 nitrogen and oxygen atoms in total. The molecule has 1 saturated carbocycles. The zero-order valence-corrected chi connectivity index (χ0v) is 13.3. The zero-order chi connectivity index (χ0) is 15.5. The van der Waals surface area contributed by atoms with Crippen LogP contribution in [0.4, 0.5) is 5.88 Å². The van der Waals surface area contributed by atoms with Gasteiger partial charge in [-0.05, 0) is 37.1 Å². The number of amides is 1. The highest BCUT2D eigenvalue weighted by atomic mass is 32.2. The van der Waals surface area contributed by atoms with E-state index in [2.05, 4.69) is 26.0 Å². The van der Waals surface area contributed by atoms with Crippen LogP contribution in [0.25, 0.3) is 0 Å². The number of carbonyl (C=O) groups excluding carboxylic acids is 1. The van der Waals surface area contributed by atoms with Crippen LogP contribution in [0.2, 0.25) is 0 Å². The second-order valence-corrected chi connectivity index (χ2v) is 6.73. The van der Waals surface area contributed by atoms with Gasteiger partial charge in [-0.1, -0.05) is 29.8 Å². The first kappa shape index (κ1) is 15.0. The summed E-state index contributed by atoms with van der Waals surface area (Å²) in [5.41, 5.74) is 0.723. The first-order valence-corrected chi connectivity index (χ1v) is 8.20. The molecule has 1 atom stereocenters. The standard InChI is InChI=1S/C13H18N6O2S/c1-8-7-11(21-16-8)14-12(20)9(2)22-13-15-17-18-19(13)10-5-3-4-6-10/h7,9-10H,3-6H2,1-2H3,(H,14,20)/t9-/m0/s1. The number of rotatable bonds is 5. The zero-order valence-electron chi connectivity index (χ0n) is 12.5. The van der Waals surface area contributed by atoms with Crippen LogP contribution in [0, 0.1) is 6.92 Å². The van der Waals surface area contributed by atoms with Crippen LogP contribution in [0.5, 0.6) is 0 Å². The largest absolute Gasteiger partial charge is 0.338 e. The molecule has 1 fully saturated rings. The van der Waals surface area contributed by atoms with E-state index >= 15 is 0 Å². The third kappa shape index (κ3) is 3.29. The molecule has 2 aromatic rings. The van der Waals surface area contributed by atoms with Gasteiger partial charge in [0, 0.05) is 6.07 Å². The number of thioether (sulfide) groups is 1. The van der Waals surface area contributed by atoms with Crippen molar-refractivity contribution in [1.82, 2.24) is 25.4 Å². The molecule has 9 heteroatoms. The van der Waals surface area contributed by atoms with Crippen molar-refractivity contribution >= 4 is 23.6 Å². The highest BCUT2D eigenvalue weighted by molar-refractivity contribution is 8.00. The molecule has 3 rings (SSSR count). The van der Waals surface area contributed by atoms with Gasteiger partial charge in [-0.2, -0.15) is 0 Å². The molecule has 1 N–H and O–H groups in total. The highest BCUT2D eigenvalue weighted by Crippen LogP contribution is 2.32. The molecule has 0 spiro atoms. The highest BCUT2D eigenvalue weighted by Gasteiger charge is 2.25. The number of carbonyl (C=O) groups is 1. The molecule has 2 aromatic heterocycles. The van der Waals surface area contributed by atoms with Gasteiger partial charge in [0.15, 0.2) is 0 Å². The van der Waals surface area contributed by atoms with Crippen molar-refractivity contribution in [3.8, 4) is 0 Å². The summed E-state index contributed by atoms with van der Waals surface area (Å²) in [5.74, 6) is 0.187. The second-order valence-electron chi connectivity index (χ2n) is 5.43. The maximum atomic E-state index is 12.2. The summed E-state index contributed by atoms with van der Waals surface area (Å²) in [7, 11) is 0. The van der Waals surface area contributed by atoms with Gasteiger partial charge in [-0.3, -0.25) is 10.1 Å². The lowest BCUT2D eigenvalue weighted by atomic mass is 10.3. The Morgan fingerprint density at radius 1 is 1.50 bits per heavy atom. The molecule has 1 aliphatic rings. The van der Waals surface area contributed by atoms with E-state index in [0.717, 1.165) is 18.5 Å². The fourth-order valence-corrected chi connectivity index (χ4v) is 3.36. The van der Waals surface area contributed by atoms with Crippen molar-refractivity contribution in [1.29, 1.82) is 0 Å². The molecule has 0 unspecified atom stereocenters. The summed E-state index contributed by atoms with van der Waals surface area (Å²) in [6.07, 6.45) is 4.60. The normalized spacial score (nSPS) is 16.8. The molecule has 0 bridgehead atoms. The number of aromatic nitrogens is 5. The van der Waals surface area contributed by atoms with Gasteiger partial charge in [-0.25, -0.2) is 4.68 Å². The lowest BCUT2D eigenvalue weighted by Gasteiger charge is -2.13. The van der Waals surface area contributed by atoms with Gasteiger partial charge >= 0.3 is 0 Å². The number of aryl methyl sites for hydroxylation is 1. The number of nitrogens with one attached hydrogen (secondary N) is 1. The first-order valence-electron chi connectivity index (χ1n) is 7.32. The van der Waals surface area contributed by atoms with Crippen LogP contribution in [-0.4, -0.2) is 36.5 Å². The first-order chi connectivity index (χ1) is 10.6. The summed E-state index contributed by atoms with van der Waals surface area (Å²) >= 11 is 1.35. The lowest BCUT2D eigenvalue weighted by Crippen LogP contribution is -2.23. The molecule has 22 heavy (non-hydrogen) atoms. The molecule has 0 aliphatic heterocycles. The summed E-state index contributed by atoms with van der Waals surface area (Å²) in [4.78, 5) is 12.2. The minimum absolute atomic E-state index is 0.165. The smallest absolute Gasteiger partial charge is 0.240 e. The second kappa shape index (κ2) is 6.47. The van der Waals surface area contributed by atoms with E-state index in [4.69, 9.17) is 4.52 Å². The Labute approximate surface area is 132 Å². The maximum Gasteiger partial charge on any atom is 0.240 e. The molecule has 2 heterocycles. The van der Waals surface area contributed by atoms with Crippen molar-refractivity contribution in [3.05, 3.63) is 11.8 Å². The van der Waals surface area contributed by atoms with Gasteiger partial charge in [0.25, 0.3) is 0 Å². The van der Waals surface area contributed by atoms with E-state index in [1.54, 1.807) is 13.0 Å². The average Bonchev–Trinajstić information content (AvgIpc) is 3.20. The maximum absolute atomic E-state index is 12.2. The summed E-state index contributed by atoms with van der Waals surface area (Å²) < 4.78 is 6.84. The van der Waals surface area contributed by atoms with E-state index in [-0.39, 0.29) is 11.2 Å². The van der Waals surface area contributed by atoms with Gasteiger partial charge < -0.3 is 4.52 Å². The Hall–Kier alpha value is -1.90. The predicted octanol–water partition coefficient (Wildman–Crippen LogP) is 2.20. The average molecular weight is 322 g/mol. The fraction of sp³-hybridized carbons (Fsp3) is 0.615. The Morgan fingerprint density at radius 2 is 2.27 bits per heavy atom. The summed E-state index contributed by atoms with van der Waals surface area (Å²) in [6, 6.07) is 2.03. The summed E-state index contributed by atoms with van der Waals surface area (Å²) in [6.45, 7) is 3.62. The van der Waals surface area contributed by atoms with Crippen LogP contribution >= 0.6 is 11.8 Å². The minimum Gasteiger partial charge on any atom is -0.338 e. The van der Waals surface area contributed by atoms with Crippen molar-refractivity contribution in [2.24, 2.45) is 0 Å². The number of nitrogens with zero attached hydrogens (tertiary/aromatic N) is 5. The van der Waals surface area contributed by atoms with E-state index in [1.165, 1.54) is 24.6 Å². The molecule has 1 aliphatic carbocycles. The molecular weight excluding hydrogens is 304 g/mol. The SMILES string of the molecule is Cc1cc(NC(=O)[C@H](C)Sc2nnnn2C2CCCC2)on1. The predicted molar refractivity (Wildman–Crippen MR) is 80.5 cm³/mol. The van der Waals surface area contributed by atoms with Crippen molar-refractivity contribution in [2.45, 2.75) is 56.0 Å². The van der Waals surface area contributed by atoms with Gasteiger partial charge in [0.1, 0.15) is 0 Å². The number of hydrogen-bond acceptors (Lipinski definition) is 7. The van der Waals surface area contributed by atoms with Gasteiger partial charge in [-0.15, -0.1) is 5.10 Å². The minimum atomic E-state index is -0.337. The molecule has 118 valence electrons. The van der Waals surface area contributed by atoms with Crippen LogP contribution in [0.15, 0.2) is 15.7 Å². The van der Waals surface area contributed by atoms with Crippen LogP contribution in [0.1, 0.15) is 44.3 Å². The third-order valence-electron chi connectivity index (χ3n) is 3.66. The Kier molecular flexibility index (Phi) is 4.41. The number of tetrazole rings is 1. The van der Waals surface area contributed by atoms with Crippen molar-refractivity contribution in [3.63, 3.8) is 0 Å². The van der Waals surface area contributed by atoms with Crippen molar-refractivity contribution < 1.29 is 9.32 Å². The Morgan fingerprint density at radius 3 is 2.95 bits per heavy atom. The lowest BCUT2D eigenvalue weighted by molar-refractivity contribution is -0.115. The van der Waals surface area contributed by atoms with E-state index in [0.29, 0.717) is 17.1 Å².